The van der Waals surface area contributed by atoms with Gasteiger partial charge in [-0.15, -0.1) is 0 Å². The van der Waals surface area contributed by atoms with Gasteiger partial charge in [-0.1, -0.05) is 117 Å². The van der Waals surface area contributed by atoms with Crippen molar-refractivity contribution in [2.24, 2.45) is 40.4 Å². The summed E-state index contributed by atoms with van der Waals surface area (Å²) in [6.45, 7) is 11.9. The van der Waals surface area contributed by atoms with Crippen molar-refractivity contribution < 1.29 is 62.7 Å². The minimum absolute atomic E-state index is 0.0196. The maximum absolute atomic E-state index is 14.1. The third-order valence-electron chi connectivity index (χ3n) is 18.7. The Balaban J connectivity index is 0.726. The summed E-state index contributed by atoms with van der Waals surface area (Å²) in [5, 5.41) is 28.1. The summed E-state index contributed by atoms with van der Waals surface area (Å²) in [5.74, 6) is -5.07. The Morgan fingerprint density at radius 3 is 2.22 bits per heavy atom. The number of amides is 2. The highest BCUT2D eigenvalue weighted by atomic mass is 16.7. The molecule has 1 heterocycles. The van der Waals surface area contributed by atoms with Crippen LogP contribution in [0.1, 0.15) is 140 Å². The number of benzene rings is 4. The van der Waals surface area contributed by atoms with Gasteiger partial charge in [-0.05, 0) is 136 Å². The number of hydrogen-bond acceptors (Lipinski definition) is 13. The molecular formula is C67H76N2O13. The van der Waals surface area contributed by atoms with E-state index in [1.807, 2.05) is 104 Å². The van der Waals surface area contributed by atoms with E-state index in [4.69, 9.17) is 18.9 Å². The summed E-state index contributed by atoms with van der Waals surface area (Å²) in [6, 6.07) is 30.0. The summed E-state index contributed by atoms with van der Waals surface area (Å²) in [6.07, 6.45) is 5.15. The zero-order valence-electron chi connectivity index (χ0n) is 47.9. The maximum Gasteiger partial charge on any atom is 0.306 e. The number of carbonyl (C=O) groups is 7. The molecule has 0 aromatic heterocycles. The highest BCUT2D eigenvalue weighted by Crippen LogP contribution is 2.70. The fourth-order valence-electron chi connectivity index (χ4n) is 14.8. The van der Waals surface area contributed by atoms with Crippen LogP contribution in [0.5, 0.6) is 0 Å². The summed E-state index contributed by atoms with van der Waals surface area (Å²) in [5.41, 5.74) is 4.88. The Hall–Kier alpha value is -6.91. The fourth-order valence-corrected chi connectivity index (χ4v) is 14.8. The molecule has 12 atom stereocenters. The molecule has 3 saturated carbocycles. The van der Waals surface area contributed by atoms with Gasteiger partial charge in [-0.3, -0.25) is 33.6 Å². The van der Waals surface area contributed by atoms with Gasteiger partial charge in [0, 0.05) is 58.6 Å². The first-order valence-electron chi connectivity index (χ1n) is 29.0. The zero-order chi connectivity index (χ0) is 58.5. The van der Waals surface area contributed by atoms with Crippen LogP contribution in [0, 0.1) is 40.4 Å². The number of allylic oxidation sites excluding steroid dienone is 4. The number of Topliss-reactive ketones (excluding diaryl/α,β-unsaturated/α-hetero) is 2. The van der Waals surface area contributed by atoms with Crippen molar-refractivity contribution in [1.82, 2.24) is 5.32 Å². The van der Waals surface area contributed by atoms with Crippen LogP contribution in [0.2, 0.25) is 0 Å². The number of aliphatic hydroxyl groups excluding tert-OH is 2. The molecule has 5 aliphatic carbocycles. The first kappa shape index (κ1) is 58.3. The molecule has 4 fully saturated rings. The first-order chi connectivity index (χ1) is 39.0. The van der Waals surface area contributed by atoms with Gasteiger partial charge in [-0.25, -0.2) is 0 Å². The smallest absolute Gasteiger partial charge is 0.306 e. The predicted octanol–water partition coefficient (Wildman–Crippen LogP) is 9.40. The lowest BCUT2D eigenvalue weighted by Crippen LogP contribution is -2.63. The predicted molar refractivity (Wildman–Crippen MR) is 305 cm³/mol. The van der Waals surface area contributed by atoms with Crippen molar-refractivity contribution in [3.63, 3.8) is 0 Å². The number of anilines is 1. The molecule has 10 rings (SSSR count). The van der Waals surface area contributed by atoms with Crippen molar-refractivity contribution in [1.29, 1.82) is 0 Å². The van der Waals surface area contributed by atoms with Crippen LogP contribution >= 0.6 is 0 Å². The Bertz CT molecular complexity index is 3190. The standard InChI is InChI=1S/C67H76N2O13/c1-38(29-54(72)39(2)68-62(78)43(23-26-58(75)81-64(3,4)5)32-59(76)79-37-52-49-17-10-8-15-47(49)48-16-9-11-18-50(48)52)61(77)69-45-14-12-13-41(31-45)30-40-19-21-42(22-20-40)63-80-57-34-53-51-25-24-44-33-46(71)27-28-65(44,6)60(51)55(73)35-66(53,7)67(57,82-63)56(74)36-70/h8-22,27-28,31,33,38-39,43,51-53,55,57,60,63,70,73H,23-26,29-30,32,34-37H2,1-7H3,(H,68,78)(H,69,77)/t38-,39+,43-,51+,53+,55+,57-,60-,63?,65+,66+,67-/m1/s1. The van der Waals surface area contributed by atoms with E-state index in [2.05, 4.69) is 17.6 Å². The molecule has 1 saturated heterocycles. The number of ether oxygens (including phenoxy) is 4. The summed E-state index contributed by atoms with van der Waals surface area (Å²) < 4.78 is 24.8. The lowest BCUT2D eigenvalue weighted by molar-refractivity contribution is -0.201. The molecular weight excluding hydrogens is 1040 g/mol. The molecule has 15 nitrogen and oxygen atoms in total. The molecule has 0 spiro atoms. The molecule has 0 bridgehead atoms. The molecule has 4 aromatic carbocycles. The molecule has 82 heavy (non-hydrogen) atoms. The minimum Gasteiger partial charge on any atom is -0.465 e. The molecule has 15 heteroatoms. The van der Waals surface area contributed by atoms with Crippen LogP contribution in [-0.4, -0.2) is 94.0 Å². The van der Waals surface area contributed by atoms with Gasteiger partial charge in [-0.2, -0.15) is 0 Å². The molecule has 0 radical (unpaired) electrons. The molecule has 1 unspecified atom stereocenters. The lowest BCUT2D eigenvalue weighted by Gasteiger charge is -2.59. The van der Waals surface area contributed by atoms with Crippen LogP contribution in [0.3, 0.4) is 0 Å². The van der Waals surface area contributed by atoms with E-state index in [-0.39, 0.29) is 73.9 Å². The second-order valence-electron chi connectivity index (χ2n) is 25.2. The lowest BCUT2D eigenvalue weighted by atomic mass is 9.46. The first-order valence-corrected chi connectivity index (χ1v) is 29.0. The normalized spacial score (nSPS) is 27.9. The number of fused-ring (bicyclic) bond motifs is 10. The summed E-state index contributed by atoms with van der Waals surface area (Å²) in [7, 11) is 0. The maximum atomic E-state index is 14.1. The van der Waals surface area contributed by atoms with E-state index in [9.17, 15) is 43.8 Å². The van der Waals surface area contributed by atoms with Crippen LogP contribution < -0.4 is 10.6 Å². The van der Waals surface area contributed by atoms with Gasteiger partial charge in [0.25, 0.3) is 0 Å². The van der Waals surface area contributed by atoms with E-state index < -0.39 is 94.6 Å². The van der Waals surface area contributed by atoms with Gasteiger partial charge >= 0.3 is 11.9 Å². The SMILES string of the molecule is C[C@H](CC(=O)[C@H](C)NC(=O)[C@H](CCC(=O)OC(C)(C)C)CC(=O)OCC1c2ccccc2-c2ccccc21)C(=O)Nc1cccc(Cc2ccc(C3O[C@@H]4C[C@H]5[C@@H]6CCC7=CC(=O)C=C[C@]7(C)[C@H]6[C@@H](O)C[C@]5(C)[C@]4(C(=O)CO)O3)cc2)c1. The third kappa shape index (κ3) is 11.2. The van der Waals surface area contributed by atoms with E-state index >= 15 is 0 Å². The number of hydrogen-bond donors (Lipinski definition) is 4. The van der Waals surface area contributed by atoms with Gasteiger partial charge in [0.15, 0.2) is 29.2 Å². The van der Waals surface area contributed by atoms with Crippen LogP contribution in [0.25, 0.3) is 11.1 Å². The van der Waals surface area contributed by atoms with E-state index in [0.29, 0.717) is 24.1 Å². The van der Waals surface area contributed by atoms with Crippen LogP contribution in [0.4, 0.5) is 5.69 Å². The number of carbonyl (C=O) groups excluding carboxylic acids is 7. The molecule has 4 N–H and O–H groups in total. The zero-order valence-corrected chi connectivity index (χ0v) is 47.9. The molecule has 2 amide bonds. The highest BCUT2D eigenvalue weighted by Gasteiger charge is 2.76. The van der Waals surface area contributed by atoms with E-state index in [1.165, 1.54) is 6.92 Å². The molecule has 1 aliphatic heterocycles. The van der Waals surface area contributed by atoms with Crippen molar-refractivity contribution in [2.75, 3.05) is 18.5 Å². The number of esters is 2. The monoisotopic (exact) mass is 1120 g/mol. The van der Waals surface area contributed by atoms with Gasteiger partial charge in [0.2, 0.25) is 11.8 Å². The van der Waals surface area contributed by atoms with Crippen molar-refractivity contribution in [3.8, 4) is 11.1 Å². The van der Waals surface area contributed by atoms with Crippen molar-refractivity contribution in [2.45, 2.75) is 148 Å². The van der Waals surface area contributed by atoms with E-state index in [0.717, 1.165) is 51.8 Å². The summed E-state index contributed by atoms with van der Waals surface area (Å²) in [4.78, 5) is 93.7. The number of nitrogens with one attached hydrogen (secondary N) is 2. The van der Waals surface area contributed by atoms with Gasteiger partial charge < -0.3 is 39.8 Å². The molecule has 432 valence electrons. The van der Waals surface area contributed by atoms with Crippen molar-refractivity contribution >= 4 is 46.8 Å². The highest BCUT2D eigenvalue weighted by molar-refractivity contribution is 6.01. The third-order valence-corrected chi connectivity index (χ3v) is 18.7. The average Bonchev–Trinajstić information content (AvgIpc) is 1.55. The van der Waals surface area contributed by atoms with Gasteiger partial charge in [0.1, 0.15) is 18.8 Å². The minimum atomic E-state index is -1.46. The molecule has 6 aliphatic rings. The average molecular weight is 1120 g/mol. The van der Waals surface area contributed by atoms with Gasteiger partial charge in [0.05, 0.1) is 24.7 Å². The van der Waals surface area contributed by atoms with E-state index in [1.54, 1.807) is 45.9 Å². The second kappa shape index (κ2) is 23.0. The number of rotatable bonds is 19. The Kier molecular flexibility index (Phi) is 16.4. The summed E-state index contributed by atoms with van der Waals surface area (Å²) >= 11 is 0. The second-order valence-corrected chi connectivity index (χ2v) is 25.2. The largest absolute Gasteiger partial charge is 0.465 e. The topological polar surface area (TPSA) is 221 Å². The van der Waals surface area contributed by atoms with Crippen LogP contribution in [0.15, 0.2) is 121 Å². The number of ketones is 3. The Morgan fingerprint density at radius 2 is 1.54 bits per heavy atom. The van der Waals surface area contributed by atoms with Crippen molar-refractivity contribution in [3.05, 3.63) is 149 Å². The molecule has 4 aromatic rings. The number of aliphatic hydroxyl groups is 2. The fraction of sp³-hybridized carbons (Fsp3) is 0.478. The van der Waals surface area contributed by atoms with Crippen LogP contribution in [-0.2, 0) is 58.9 Å². The Morgan fingerprint density at radius 1 is 0.841 bits per heavy atom. The Labute approximate surface area is 479 Å². The quantitative estimate of drug-likeness (QED) is 0.0644.